The number of carbonyl (C=O) groups excluding carboxylic acids is 2. The molecular formula is C23H26ClN3O3. The molecule has 0 aromatic heterocycles. The number of nitrogens with zero attached hydrogens (tertiary/aromatic N) is 2. The van der Waals surface area contributed by atoms with Crippen LogP contribution in [0.15, 0.2) is 48.5 Å². The lowest BCUT2D eigenvalue weighted by Crippen LogP contribution is -2.52. The van der Waals surface area contributed by atoms with Gasteiger partial charge in [0, 0.05) is 24.7 Å². The van der Waals surface area contributed by atoms with Gasteiger partial charge in [0.1, 0.15) is 12.4 Å². The molecule has 1 atom stereocenters. The first-order chi connectivity index (χ1) is 14.6. The van der Waals surface area contributed by atoms with Gasteiger partial charge in [0.15, 0.2) is 0 Å². The van der Waals surface area contributed by atoms with E-state index in [4.69, 9.17) is 16.3 Å². The molecule has 3 amide bonds. The highest BCUT2D eigenvalue weighted by Crippen LogP contribution is 2.32. The number of ether oxygens (including phenoxy) is 1. The standard InChI is InChI=1S/C23H26ClN3O3/c24-19-9-7-17(8-10-19)11-12-25-22(28)18-4-3-13-26(16-18)23(29)27-14-15-30-21-6-2-1-5-20(21)27/h1-2,5-10,18H,3-4,11-16H2,(H,25,28). The first kappa shape index (κ1) is 20.5. The second-order valence-corrected chi connectivity index (χ2v) is 8.14. The van der Waals surface area contributed by atoms with E-state index in [1.54, 1.807) is 9.80 Å². The van der Waals surface area contributed by atoms with E-state index in [1.165, 1.54) is 0 Å². The smallest absolute Gasteiger partial charge is 0.324 e. The summed E-state index contributed by atoms with van der Waals surface area (Å²) in [6.07, 6.45) is 2.38. The number of hydrogen-bond donors (Lipinski definition) is 1. The van der Waals surface area contributed by atoms with Crippen LogP contribution in [0.2, 0.25) is 5.02 Å². The summed E-state index contributed by atoms with van der Waals surface area (Å²) < 4.78 is 5.65. The van der Waals surface area contributed by atoms with Crippen molar-refractivity contribution >= 4 is 29.2 Å². The van der Waals surface area contributed by atoms with Gasteiger partial charge in [-0.15, -0.1) is 0 Å². The summed E-state index contributed by atoms with van der Waals surface area (Å²) in [5.74, 6) is 0.568. The van der Waals surface area contributed by atoms with Crippen molar-refractivity contribution in [3.63, 3.8) is 0 Å². The summed E-state index contributed by atoms with van der Waals surface area (Å²) >= 11 is 5.91. The van der Waals surface area contributed by atoms with Crippen molar-refractivity contribution < 1.29 is 14.3 Å². The minimum atomic E-state index is -0.177. The molecule has 0 spiro atoms. The van der Waals surface area contributed by atoms with Gasteiger partial charge in [0.2, 0.25) is 5.91 Å². The van der Waals surface area contributed by atoms with Crippen LogP contribution in [0.3, 0.4) is 0 Å². The van der Waals surface area contributed by atoms with Crippen LogP contribution < -0.4 is 15.0 Å². The highest BCUT2D eigenvalue weighted by atomic mass is 35.5. The molecule has 7 heteroatoms. The number of nitrogens with one attached hydrogen (secondary N) is 1. The van der Waals surface area contributed by atoms with E-state index in [1.807, 2.05) is 48.5 Å². The zero-order chi connectivity index (χ0) is 20.9. The first-order valence-corrected chi connectivity index (χ1v) is 10.8. The van der Waals surface area contributed by atoms with Gasteiger partial charge >= 0.3 is 6.03 Å². The van der Waals surface area contributed by atoms with Gasteiger partial charge in [0.25, 0.3) is 0 Å². The second kappa shape index (κ2) is 9.39. The van der Waals surface area contributed by atoms with Gasteiger partial charge in [-0.1, -0.05) is 35.9 Å². The molecule has 2 aromatic carbocycles. The Balaban J connectivity index is 1.32. The number of para-hydroxylation sites is 2. The summed E-state index contributed by atoms with van der Waals surface area (Å²) in [6.45, 7) is 2.69. The maximum atomic E-state index is 13.2. The van der Waals surface area contributed by atoms with Gasteiger partial charge in [-0.25, -0.2) is 4.79 Å². The zero-order valence-corrected chi connectivity index (χ0v) is 17.6. The molecular weight excluding hydrogens is 402 g/mol. The molecule has 158 valence electrons. The molecule has 30 heavy (non-hydrogen) atoms. The number of fused-ring (bicyclic) bond motifs is 1. The molecule has 2 heterocycles. The van der Waals surface area contributed by atoms with E-state index in [2.05, 4.69) is 5.32 Å². The predicted octanol–water partition coefficient (Wildman–Crippen LogP) is 3.73. The fourth-order valence-corrected chi connectivity index (χ4v) is 4.16. The van der Waals surface area contributed by atoms with Gasteiger partial charge in [-0.05, 0) is 49.1 Å². The van der Waals surface area contributed by atoms with Crippen LogP contribution >= 0.6 is 11.6 Å². The van der Waals surface area contributed by atoms with Gasteiger partial charge in [-0.2, -0.15) is 0 Å². The fourth-order valence-electron chi connectivity index (χ4n) is 4.03. The summed E-state index contributed by atoms with van der Waals surface area (Å²) in [7, 11) is 0. The minimum Gasteiger partial charge on any atom is -0.490 e. The number of likely N-dealkylation sites (tertiary alicyclic amines) is 1. The summed E-state index contributed by atoms with van der Waals surface area (Å²) in [5, 5.41) is 3.73. The monoisotopic (exact) mass is 427 g/mol. The summed E-state index contributed by atoms with van der Waals surface area (Å²) in [4.78, 5) is 29.4. The van der Waals surface area contributed by atoms with Crippen LogP contribution in [-0.2, 0) is 11.2 Å². The lowest BCUT2D eigenvalue weighted by molar-refractivity contribution is -0.126. The molecule has 0 saturated carbocycles. The van der Waals surface area contributed by atoms with E-state index >= 15 is 0 Å². The predicted molar refractivity (Wildman–Crippen MR) is 117 cm³/mol. The number of carbonyl (C=O) groups is 2. The topological polar surface area (TPSA) is 61.9 Å². The normalized spacial score (nSPS) is 18.4. The number of hydrogen-bond acceptors (Lipinski definition) is 3. The van der Waals surface area contributed by atoms with Crippen molar-refractivity contribution in [2.45, 2.75) is 19.3 Å². The van der Waals surface area contributed by atoms with E-state index in [9.17, 15) is 9.59 Å². The molecule has 1 N–H and O–H groups in total. The minimum absolute atomic E-state index is 0.0174. The molecule has 2 aliphatic heterocycles. The Bertz CT molecular complexity index is 903. The number of urea groups is 1. The quantitative estimate of drug-likeness (QED) is 0.808. The Morgan fingerprint density at radius 1 is 1.10 bits per heavy atom. The molecule has 0 radical (unpaired) electrons. The van der Waals surface area contributed by atoms with Crippen LogP contribution in [0.5, 0.6) is 5.75 Å². The molecule has 1 saturated heterocycles. The van der Waals surface area contributed by atoms with Crippen LogP contribution in [-0.4, -0.2) is 49.6 Å². The van der Waals surface area contributed by atoms with Crippen molar-refractivity contribution in [2.24, 2.45) is 5.92 Å². The largest absolute Gasteiger partial charge is 0.490 e. The third-order valence-corrected chi connectivity index (χ3v) is 5.90. The van der Waals surface area contributed by atoms with Crippen LogP contribution in [0.4, 0.5) is 10.5 Å². The third kappa shape index (κ3) is 4.70. The van der Waals surface area contributed by atoms with Gasteiger partial charge in [-0.3, -0.25) is 9.69 Å². The summed E-state index contributed by atoms with van der Waals surface area (Å²) in [5.41, 5.74) is 1.93. The Kier molecular flexibility index (Phi) is 6.43. The SMILES string of the molecule is O=C(NCCc1ccc(Cl)cc1)C1CCCN(C(=O)N2CCOc3ccccc32)C1. The van der Waals surface area contributed by atoms with Crippen molar-refractivity contribution in [3.8, 4) is 5.75 Å². The highest BCUT2D eigenvalue weighted by molar-refractivity contribution is 6.30. The second-order valence-electron chi connectivity index (χ2n) is 7.70. The molecule has 1 fully saturated rings. The van der Waals surface area contributed by atoms with E-state index in [-0.39, 0.29) is 17.9 Å². The molecule has 0 aliphatic carbocycles. The van der Waals surface area contributed by atoms with Crippen LogP contribution in [0.25, 0.3) is 0 Å². The van der Waals surface area contributed by atoms with Crippen molar-refractivity contribution in [2.75, 3.05) is 37.7 Å². The van der Waals surface area contributed by atoms with Gasteiger partial charge < -0.3 is 15.0 Å². The lowest BCUT2D eigenvalue weighted by atomic mass is 9.97. The highest BCUT2D eigenvalue weighted by Gasteiger charge is 2.33. The number of anilines is 1. The van der Waals surface area contributed by atoms with E-state index < -0.39 is 0 Å². The van der Waals surface area contributed by atoms with Crippen LogP contribution in [0.1, 0.15) is 18.4 Å². The molecule has 2 aromatic rings. The fraction of sp³-hybridized carbons (Fsp3) is 0.391. The first-order valence-electron chi connectivity index (χ1n) is 10.4. The molecule has 4 rings (SSSR count). The Hall–Kier alpha value is -2.73. The third-order valence-electron chi connectivity index (χ3n) is 5.65. The number of rotatable bonds is 4. The van der Waals surface area contributed by atoms with Crippen molar-refractivity contribution in [3.05, 3.63) is 59.1 Å². The Labute approximate surface area is 181 Å². The zero-order valence-electron chi connectivity index (χ0n) is 16.9. The van der Waals surface area contributed by atoms with Crippen LogP contribution in [0, 0.1) is 5.92 Å². The number of piperidine rings is 1. The molecule has 0 bridgehead atoms. The number of amides is 3. The maximum absolute atomic E-state index is 13.2. The van der Waals surface area contributed by atoms with E-state index in [0.717, 1.165) is 36.3 Å². The average molecular weight is 428 g/mol. The Morgan fingerprint density at radius 3 is 2.73 bits per heavy atom. The van der Waals surface area contributed by atoms with Crippen molar-refractivity contribution in [1.29, 1.82) is 0 Å². The van der Waals surface area contributed by atoms with Gasteiger partial charge in [0.05, 0.1) is 18.2 Å². The average Bonchev–Trinajstić information content (AvgIpc) is 2.79. The molecule has 1 unspecified atom stereocenters. The molecule has 2 aliphatic rings. The Morgan fingerprint density at radius 2 is 1.90 bits per heavy atom. The summed E-state index contributed by atoms with van der Waals surface area (Å²) in [6, 6.07) is 15.2. The van der Waals surface area contributed by atoms with Crippen molar-refractivity contribution in [1.82, 2.24) is 10.2 Å². The number of benzene rings is 2. The maximum Gasteiger partial charge on any atom is 0.324 e. The lowest BCUT2D eigenvalue weighted by Gasteiger charge is -2.37. The number of halogens is 1. The van der Waals surface area contributed by atoms with E-state index in [0.29, 0.717) is 37.8 Å². The molecule has 6 nitrogen and oxygen atoms in total.